The standard InChI is InChI=1S/2C10H15.Os/c2*1-6-7(2)9(4)10(5)8(6)3;/h2*1-5H3;/q2*-1;+2. The van der Waals surface area contributed by atoms with Crippen molar-refractivity contribution < 1.29 is 19.8 Å². The second-order valence-electron chi connectivity index (χ2n) is 6.25. The molecule has 21 heavy (non-hydrogen) atoms. The maximum absolute atomic E-state index is 2.20. The molecule has 0 aromatic heterocycles. The molecule has 2 aromatic carbocycles. The van der Waals surface area contributed by atoms with E-state index in [9.17, 15) is 0 Å². The molecular weight excluding hydrogens is 430 g/mol. The third-order valence-electron chi connectivity index (χ3n) is 5.62. The molecule has 2 rings (SSSR count). The molecule has 0 fully saturated rings. The molecule has 0 spiro atoms. The summed E-state index contributed by atoms with van der Waals surface area (Å²) >= 11 is 0. The zero-order valence-corrected chi connectivity index (χ0v) is 17.9. The van der Waals surface area contributed by atoms with Gasteiger partial charge in [0.25, 0.3) is 0 Å². The Morgan fingerprint density at radius 2 is 0.571 bits per heavy atom. The van der Waals surface area contributed by atoms with Crippen LogP contribution in [0.4, 0.5) is 0 Å². The first-order chi connectivity index (χ1) is 9.11. The van der Waals surface area contributed by atoms with E-state index in [1.807, 2.05) is 0 Å². The van der Waals surface area contributed by atoms with Gasteiger partial charge in [0, 0.05) is 0 Å². The van der Waals surface area contributed by atoms with Crippen LogP contribution >= 0.6 is 0 Å². The van der Waals surface area contributed by atoms with Crippen LogP contribution in [0.25, 0.3) is 0 Å². The summed E-state index contributed by atoms with van der Waals surface area (Å²) in [6.45, 7) is 22.0. The van der Waals surface area contributed by atoms with Gasteiger partial charge >= 0.3 is 19.8 Å². The molecule has 0 aliphatic carbocycles. The first-order valence-corrected chi connectivity index (χ1v) is 7.50. The molecule has 1 heteroatoms. The first-order valence-electron chi connectivity index (χ1n) is 7.50. The Hall–Kier alpha value is -0.664. The quantitative estimate of drug-likeness (QED) is 0.430. The van der Waals surface area contributed by atoms with Crippen LogP contribution in [-0.4, -0.2) is 0 Å². The fourth-order valence-corrected chi connectivity index (χ4v) is 2.81. The van der Waals surface area contributed by atoms with E-state index in [0.717, 1.165) is 0 Å². The Kier molecular flexibility index (Phi) is 7.32. The minimum Gasteiger partial charge on any atom is -0.196 e. The number of hydrogen-bond acceptors (Lipinski definition) is 0. The Labute approximate surface area is 144 Å². The van der Waals surface area contributed by atoms with E-state index in [1.165, 1.54) is 55.6 Å². The smallest absolute Gasteiger partial charge is 0.196 e. The van der Waals surface area contributed by atoms with Gasteiger partial charge in [-0.05, 0) is 0 Å². The van der Waals surface area contributed by atoms with E-state index in [-0.39, 0.29) is 19.8 Å². The molecule has 0 unspecified atom stereocenters. The Morgan fingerprint density at radius 3 is 0.619 bits per heavy atom. The van der Waals surface area contributed by atoms with Gasteiger partial charge in [-0.1, -0.05) is 69.2 Å². The van der Waals surface area contributed by atoms with Crippen LogP contribution in [-0.2, 0) is 19.8 Å². The summed E-state index contributed by atoms with van der Waals surface area (Å²) in [6.07, 6.45) is 0. The van der Waals surface area contributed by atoms with Crippen molar-refractivity contribution in [3.05, 3.63) is 55.6 Å². The maximum atomic E-state index is 2.20. The van der Waals surface area contributed by atoms with Gasteiger partial charge in [0.15, 0.2) is 0 Å². The molecule has 0 aliphatic rings. The monoisotopic (exact) mass is 462 g/mol. The van der Waals surface area contributed by atoms with Crippen LogP contribution in [0, 0.1) is 69.2 Å². The second-order valence-corrected chi connectivity index (χ2v) is 6.25. The van der Waals surface area contributed by atoms with Gasteiger partial charge in [-0.15, -0.1) is 0 Å². The molecule has 0 amide bonds. The minimum atomic E-state index is 0. The van der Waals surface area contributed by atoms with Gasteiger partial charge in [-0.2, -0.15) is 55.6 Å². The maximum Gasteiger partial charge on any atom is 2.00 e. The molecule has 0 heterocycles. The van der Waals surface area contributed by atoms with Crippen LogP contribution in [0.2, 0.25) is 0 Å². The van der Waals surface area contributed by atoms with Crippen molar-refractivity contribution in [2.24, 2.45) is 0 Å². The third kappa shape index (κ3) is 3.76. The molecule has 0 saturated heterocycles. The summed E-state index contributed by atoms with van der Waals surface area (Å²) in [7, 11) is 0. The number of hydrogen-bond donors (Lipinski definition) is 0. The zero-order chi connectivity index (χ0) is 15.8. The van der Waals surface area contributed by atoms with Gasteiger partial charge in [0.2, 0.25) is 0 Å². The zero-order valence-electron chi connectivity index (χ0n) is 15.4. The molecule has 0 atom stereocenters. The molecule has 2 aromatic rings. The Morgan fingerprint density at radius 1 is 0.429 bits per heavy atom. The van der Waals surface area contributed by atoms with Gasteiger partial charge in [-0.25, -0.2) is 0 Å². The van der Waals surface area contributed by atoms with E-state index in [0.29, 0.717) is 0 Å². The number of rotatable bonds is 0. The molecule has 0 aliphatic heterocycles. The van der Waals surface area contributed by atoms with E-state index in [1.54, 1.807) is 0 Å². The van der Waals surface area contributed by atoms with E-state index < -0.39 is 0 Å². The van der Waals surface area contributed by atoms with Crippen molar-refractivity contribution in [1.29, 1.82) is 0 Å². The first kappa shape index (κ1) is 20.3. The van der Waals surface area contributed by atoms with Crippen molar-refractivity contribution in [1.82, 2.24) is 0 Å². The molecule has 0 saturated carbocycles. The van der Waals surface area contributed by atoms with Crippen LogP contribution in [0.5, 0.6) is 0 Å². The molecule has 0 N–H and O–H groups in total. The summed E-state index contributed by atoms with van der Waals surface area (Å²) in [6, 6.07) is 0. The fraction of sp³-hybridized carbons (Fsp3) is 0.500. The van der Waals surface area contributed by atoms with Crippen molar-refractivity contribution in [3.63, 3.8) is 0 Å². The van der Waals surface area contributed by atoms with Crippen LogP contribution < -0.4 is 0 Å². The van der Waals surface area contributed by atoms with Gasteiger partial charge in [0.05, 0.1) is 0 Å². The molecule has 0 radical (unpaired) electrons. The molecule has 118 valence electrons. The van der Waals surface area contributed by atoms with Gasteiger partial charge in [0.1, 0.15) is 0 Å². The van der Waals surface area contributed by atoms with E-state index in [4.69, 9.17) is 0 Å². The summed E-state index contributed by atoms with van der Waals surface area (Å²) in [5.74, 6) is 0. The van der Waals surface area contributed by atoms with Crippen molar-refractivity contribution >= 4 is 0 Å². The summed E-state index contributed by atoms with van der Waals surface area (Å²) in [5.41, 5.74) is 14.7. The van der Waals surface area contributed by atoms with E-state index >= 15 is 0 Å². The fourth-order valence-electron chi connectivity index (χ4n) is 2.81. The molecule has 0 nitrogen and oxygen atoms in total. The largest absolute Gasteiger partial charge is 2.00 e. The van der Waals surface area contributed by atoms with Crippen LogP contribution in [0.1, 0.15) is 55.6 Å². The van der Waals surface area contributed by atoms with Crippen molar-refractivity contribution in [2.75, 3.05) is 0 Å². The van der Waals surface area contributed by atoms with Crippen molar-refractivity contribution in [2.45, 2.75) is 69.2 Å². The Balaban J connectivity index is 0.000000364. The van der Waals surface area contributed by atoms with Crippen LogP contribution in [0.3, 0.4) is 0 Å². The third-order valence-corrected chi connectivity index (χ3v) is 5.62. The van der Waals surface area contributed by atoms with E-state index in [2.05, 4.69) is 69.2 Å². The van der Waals surface area contributed by atoms with Crippen molar-refractivity contribution in [3.8, 4) is 0 Å². The van der Waals surface area contributed by atoms with Gasteiger partial charge in [-0.3, -0.25) is 0 Å². The summed E-state index contributed by atoms with van der Waals surface area (Å²) in [4.78, 5) is 0. The minimum absolute atomic E-state index is 0. The average molecular weight is 461 g/mol. The topological polar surface area (TPSA) is 0 Å². The molecular formula is C20H30Os. The summed E-state index contributed by atoms with van der Waals surface area (Å²) in [5, 5.41) is 0. The SMILES string of the molecule is Cc1c(C)c(C)[c-](C)c1C.Cc1c(C)c(C)[c-](C)c1C.[Os+2]. The Bertz CT molecular complexity index is 404. The predicted octanol–water partition coefficient (Wildman–Crippen LogP) is 5.89. The predicted molar refractivity (Wildman–Crippen MR) is 91.4 cm³/mol. The second kappa shape index (κ2) is 7.55. The summed E-state index contributed by atoms with van der Waals surface area (Å²) < 4.78 is 0. The molecule has 0 bridgehead atoms. The van der Waals surface area contributed by atoms with Crippen LogP contribution in [0.15, 0.2) is 0 Å². The normalized spacial score (nSPS) is 10.0. The van der Waals surface area contributed by atoms with Gasteiger partial charge < -0.3 is 0 Å². The average Bonchev–Trinajstić information content (AvgIpc) is 2.71.